The van der Waals surface area contributed by atoms with Crippen molar-refractivity contribution in [1.29, 1.82) is 0 Å². The van der Waals surface area contributed by atoms with Gasteiger partial charge in [-0.1, -0.05) is 33.1 Å². The highest BCUT2D eigenvalue weighted by atomic mass is 79.9. The molecule has 0 bridgehead atoms. The van der Waals surface area contributed by atoms with Crippen molar-refractivity contribution in [3.8, 4) is 0 Å². The lowest BCUT2D eigenvalue weighted by atomic mass is 10.0. The summed E-state index contributed by atoms with van der Waals surface area (Å²) < 4.78 is 21.0. The molecule has 23 heavy (non-hydrogen) atoms. The van der Waals surface area contributed by atoms with E-state index in [0.717, 1.165) is 37.0 Å². The van der Waals surface area contributed by atoms with Gasteiger partial charge in [0, 0.05) is 0 Å². The van der Waals surface area contributed by atoms with Crippen LogP contribution < -0.4 is 0 Å². The number of thiophene rings is 2. The number of fused-ring (bicyclic) bond motifs is 1. The fraction of sp³-hybridized carbons (Fsp3) is 0.500. The standard InChI is InChI=1S/C16H18BrFO3S2/c1-3-5-6-9(4-2)8-21-16(20)14-12(18)11-10(7-19)22-15(17)13(11)23-14/h7,9H,3-6,8H2,1-2H3. The Balaban J connectivity index is 2.15. The molecule has 1 atom stereocenters. The van der Waals surface area contributed by atoms with Crippen molar-refractivity contribution in [3.63, 3.8) is 0 Å². The first kappa shape index (κ1) is 18.5. The largest absolute Gasteiger partial charge is 0.461 e. The summed E-state index contributed by atoms with van der Waals surface area (Å²) in [6.07, 6.45) is 4.73. The zero-order valence-corrected chi connectivity index (χ0v) is 16.2. The van der Waals surface area contributed by atoms with Gasteiger partial charge in [-0.3, -0.25) is 4.79 Å². The third-order valence-corrected chi connectivity index (χ3v) is 7.10. The number of rotatable bonds is 8. The highest BCUT2D eigenvalue weighted by Gasteiger charge is 2.25. The van der Waals surface area contributed by atoms with Gasteiger partial charge in [0.2, 0.25) is 0 Å². The lowest BCUT2D eigenvalue weighted by molar-refractivity contribution is 0.0429. The Labute approximate surface area is 151 Å². The monoisotopic (exact) mass is 420 g/mol. The molecule has 0 aromatic carbocycles. The Kier molecular flexibility index (Phi) is 6.73. The van der Waals surface area contributed by atoms with Crippen molar-refractivity contribution in [1.82, 2.24) is 0 Å². The number of unbranched alkanes of at least 4 members (excludes halogenated alkanes) is 1. The lowest BCUT2D eigenvalue weighted by Crippen LogP contribution is -2.14. The Morgan fingerprint density at radius 1 is 1.39 bits per heavy atom. The Bertz CT molecular complexity index is 708. The average Bonchev–Trinajstić information content (AvgIpc) is 3.05. The highest BCUT2D eigenvalue weighted by Crippen LogP contribution is 2.42. The molecule has 126 valence electrons. The minimum atomic E-state index is -0.652. The van der Waals surface area contributed by atoms with Crippen molar-refractivity contribution in [2.75, 3.05) is 6.61 Å². The van der Waals surface area contributed by atoms with Gasteiger partial charge in [0.25, 0.3) is 0 Å². The summed E-state index contributed by atoms with van der Waals surface area (Å²) in [6, 6.07) is 0. The van der Waals surface area contributed by atoms with Crippen molar-refractivity contribution < 1.29 is 18.7 Å². The van der Waals surface area contributed by atoms with Gasteiger partial charge < -0.3 is 4.74 Å². The Hall–Kier alpha value is -0.790. The fourth-order valence-corrected chi connectivity index (χ4v) is 5.26. The third kappa shape index (κ3) is 4.00. The molecule has 0 aliphatic heterocycles. The summed E-state index contributed by atoms with van der Waals surface area (Å²) >= 11 is 5.50. The summed E-state index contributed by atoms with van der Waals surface area (Å²) in [5, 5.41) is 0.215. The van der Waals surface area contributed by atoms with E-state index in [4.69, 9.17) is 4.74 Å². The van der Waals surface area contributed by atoms with Gasteiger partial charge in [-0.25, -0.2) is 9.18 Å². The molecular weight excluding hydrogens is 403 g/mol. The average molecular weight is 421 g/mol. The molecular formula is C16H18BrFO3S2. The van der Waals surface area contributed by atoms with Crippen LogP contribution in [0.25, 0.3) is 10.1 Å². The first-order chi connectivity index (χ1) is 11.0. The van der Waals surface area contributed by atoms with Crippen LogP contribution in [-0.4, -0.2) is 18.9 Å². The summed E-state index contributed by atoms with van der Waals surface area (Å²) in [6.45, 7) is 4.49. The van der Waals surface area contributed by atoms with Crippen LogP contribution in [0.2, 0.25) is 0 Å². The topological polar surface area (TPSA) is 43.4 Å². The van der Waals surface area contributed by atoms with E-state index in [2.05, 4.69) is 29.8 Å². The normalized spacial score (nSPS) is 12.5. The molecule has 0 amide bonds. The van der Waals surface area contributed by atoms with Crippen molar-refractivity contribution in [2.24, 2.45) is 5.92 Å². The van der Waals surface area contributed by atoms with Gasteiger partial charge >= 0.3 is 5.97 Å². The quantitative estimate of drug-likeness (QED) is 0.385. The van der Waals surface area contributed by atoms with E-state index in [1.807, 2.05) is 0 Å². The minimum Gasteiger partial charge on any atom is -0.461 e. The van der Waals surface area contributed by atoms with Gasteiger partial charge in [-0.05, 0) is 28.3 Å². The zero-order chi connectivity index (χ0) is 17.0. The van der Waals surface area contributed by atoms with E-state index >= 15 is 0 Å². The maximum Gasteiger partial charge on any atom is 0.351 e. The number of esters is 1. The van der Waals surface area contributed by atoms with E-state index in [9.17, 15) is 14.0 Å². The Morgan fingerprint density at radius 2 is 2.13 bits per heavy atom. The maximum absolute atomic E-state index is 14.5. The van der Waals surface area contributed by atoms with Crippen molar-refractivity contribution >= 4 is 60.9 Å². The van der Waals surface area contributed by atoms with Crippen LogP contribution in [0.1, 0.15) is 58.9 Å². The second-order valence-corrected chi connectivity index (χ2v) is 8.71. The number of hydrogen-bond donors (Lipinski definition) is 0. The van der Waals surface area contributed by atoms with Crippen LogP contribution in [0, 0.1) is 11.7 Å². The van der Waals surface area contributed by atoms with Gasteiger partial charge in [-0.15, -0.1) is 22.7 Å². The molecule has 0 radical (unpaired) electrons. The third-order valence-electron chi connectivity index (χ3n) is 3.76. The number of ether oxygens (including phenoxy) is 1. The summed E-state index contributed by atoms with van der Waals surface area (Å²) in [5.74, 6) is -0.993. The molecule has 0 spiro atoms. The summed E-state index contributed by atoms with van der Waals surface area (Å²) in [5.41, 5.74) is 0. The molecule has 0 aliphatic carbocycles. The predicted octanol–water partition coefficient (Wildman–Crippen LogP) is 6.05. The number of carbonyl (C=O) groups excluding carboxylic acids is 2. The van der Waals surface area contributed by atoms with Gasteiger partial charge in [-0.2, -0.15) is 0 Å². The van der Waals surface area contributed by atoms with E-state index < -0.39 is 11.8 Å². The summed E-state index contributed by atoms with van der Waals surface area (Å²) in [7, 11) is 0. The van der Waals surface area contributed by atoms with Crippen molar-refractivity contribution in [2.45, 2.75) is 39.5 Å². The second-order valence-electron chi connectivity index (χ2n) is 5.32. The predicted molar refractivity (Wildman–Crippen MR) is 96.3 cm³/mol. The van der Waals surface area contributed by atoms with Crippen LogP contribution in [0.3, 0.4) is 0 Å². The van der Waals surface area contributed by atoms with Crippen LogP contribution in [0.5, 0.6) is 0 Å². The molecule has 3 nitrogen and oxygen atoms in total. The smallest absolute Gasteiger partial charge is 0.351 e. The molecule has 0 aliphatic rings. The SMILES string of the molecule is CCCCC(CC)COC(=O)c1sc2c(Br)sc(C=O)c2c1F. The van der Waals surface area contributed by atoms with E-state index in [-0.39, 0.29) is 15.1 Å². The molecule has 2 heterocycles. The molecule has 2 aromatic rings. The highest BCUT2D eigenvalue weighted by molar-refractivity contribution is 9.11. The molecule has 7 heteroatoms. The second kappa shape index (κ2) is 8.35. The maximum atomic E-state index is 14.5. The van der Waals surface area contributed by atoms with Crippen LogP contribution in [-0.2, 0) is 4.74 Å². The lowest BCUT2D eigenvalue weighted by Gasteiger charge is -2.14. The molecule has 2 rings (SSSR count). The molecule has 0 fully saturated rings. The van der Waals surface area contributed by atoms with Crippen LogP contribution in [0.15, 0.2) is 3.79 Å². The Morgan fingerprint density at radius 3 is 2.74 bits per heavy atom. The summed E-state index contributed by atoms with van der Waals surface area (Å²) in [4.78, 5) is 23.4. The van der Waals surface area contributed by atoms with Crippen molar-refractivity contribution in [3.05, 3.63) is 19.4 Å². The minimum absolute atomic E-state index is 0.0584. The molecule has 0 N–H and O–H groups in total. The number of hydrogen-bond acceptors (Lipinski definition) is 5. The first-order valence-corrected chi connectivity index (χ1v) is 9.98. The van der Waals surface area contributed by atoms with E-state index in [1.54, 1.807) is 0 Å². The fourth-order valence-electron chi connectivity index (χ4n) is 2.33. The zero-order valence-electron chi connectivity index (χ0n) is 13.0. The molecule has 0 saturated heterocycles. The van der Waals surface area contributed by atoms with Gasteiger partial charge in [0.05, 0.1) is 25.4 Å². The number of aldehydes is 1. The van der Waals surface area contributed by atoms with Gasteiger partial charge in [0.1, 0.15) is 4.88 Å². The van der Waals surface area contributed by atoms with E-state index in [0.29, 0.717) is 27.3 Å². The molecule has 0 saturated carbocycles. The molecule has 2 aromatic heterocycles. The number of halogens is 2. The van der Waals surface area contributed by atoms with Crippen LogP contribution >= 0.6 is 38.6 Å². The van der Waals surface area contributed by atoms with Crippen LogP contribution in [0.4, 0.5) is 4.39 Å². The molecule has 1 unspecified atom stereocenters. The van der Waals surface area contributed by atoms with E-state index in [1.165, 1.54) is 11.3 Å². The van der Waals surface area contributed by atoms with Gasteiger partial charge in [0.15, 0.2) is 12.1 Å². The first-order valence-electron chi connectivity index (χ1n) is 7.55. The number of carbonyl (C=O) groups is 2.